The number of halogens is 2. The quantitative estimate of drug-likeness (QED) is 0.843. The number of hydrogen-bond donors (Lipinski definition) is 1. The van der Waals surface area contributed by atoms with Crippen molar-refractivity contribution in [3.05, 3.63) is 42.0 Å². The van der Waals surface area contributed by atoms with E-state index in [-0.39, 0.29) is 18.2 Å². The molecule has 0 aliphatic heterocycles. The zero-order chi connectivity index (χ0) is 9.97. The van der Waals surface area contributed by atoms with Gasteiger partial charge in [-0.2, -0.15) is 0 Å². The Balaban J connectivity index is 0.00000112. The standard InChI is InChI=1S/C9H9FN4.ClH/c10-7-1-3-9(4-2-7)14-6-8(5-11)12-13-14;/h1-4,6H,5,11H2;1H. The van der Waals surface area contributed by atoms with Crippen LogP contribution in [0.4, 0.5) is 4.39 Å². The van der Waals surface area contributed by atoms with Crippen molar-refractivity contribution >= 4 is 12.4 Å². The monoisotopic (exact) mass is 228 g/mol. The van der Waals surface area contributed by atoms with Gasteiger partial charge in [-0.1, -0.05) is 5.21 Å². The third-order valence-electron chi connectivity index (χ3n) is 1.84. The Bertz CT molecular complexity index is 426. The molecular formula is C9H10ClFN4. The maximum absolute atomic E-state index is 12.6. The molecule has 0 saturated carbocycles. The van der Waals surface area contributed by atoms with Crippen LogP contribution in [0.2, 0.25) is 0 Å². The summed E-state index contributed by atoms with van der Waals surface area (Å²) in [5.41, 5.74) is 6.86. The van der Waals surface area contributed by atoms with E-state index in [1.54, 1.807) is 23.0 Å². The lowest BCUT2D eigenvalue weighted by Gasteiger charge is -1.97. The highest BCUT2D eigenvalue weighted by Gasteiger charge is 2.00. The average Bonchev–Trinajstić information content (AvgIpc) is 2.67. The minimum absolute atomic E-state index is 0. The van der Waals surface area contributed by atoms with Gasteiger partial charge in [0.25, 0.3) is 0 Å². The Kier molecular flexibility index (Phi) is 3.76. The molecule has 0 radical (unpaired) electrons. The Labute approximate surface area is 92.3 Å². The van der Waals surface area contributed by atoms with Crippen molar-refractivity contribution in [3.8, 4) is 5.69 Å². The third kappa shape index (κ3) is 2.51. The summed E-state index contributed by atoms with van der Waals surface area (Å²) in [6.07, 6.45) is 1.72. The lowest BCUT2D eigenvalue weighted by molar-refractivity contribution is 0.626. The van der Waals surface area contributed by atoms with Crippen molar-refractivity contribution in [2.75, 3.05) is 0 Å². The fraction of sp³-hybridized carbons (Fsp3) is 0.111. The summed E-state index contributed by atoms with van der Waals surface area (Å²) in [7, 11) is 0. The number of nitrogens with zero attached hydrogens (tertiary/aromatic N) is 3. The molecule has 1 heterocycles. The topological polar surface area (TPSA) is 56.7 Å². The predicted octanol–water partition coefficient (Wildman–Crippen LogP) is 1.29. The fourth-order valence-corrected chi connectivity index (χ4v) is 1.11. The van der Waals surface area contributed by atoms with E-state index in [0.29, 0.717) is 12.2 Å². The molecule has 0 bridgehead atoms. The molecule has 2 rings (SSSR count). The second kappa shape index (κ2) is 4.86. The van der Waals surface area contributed by atoms with Crippen molar-refractivity contribution in [2.24, 2.45) is 5.73 Å². The van der Waals surface area contributed by atoms with Gasteiger partial charge in [-0.3, -0.25) is 0 Å². The molecule has 0 amide bonds. The molecule has 1 aromatic carbocycles. The lowest BCUT2D eigenvalue weighted by Crippen LogP contribution is -1.96. The van der Waals surface area contributed by atoms with Crippen LogP contribution in [0.5, 0.6) is 0 Å². The van der Waals surface area contributed by atoms with Crippen LogP contribution in [0.25, 0.3) is 5.69 Å². The van der Waals surface area contributed by atoms with E-state index >= 15 is 0 Å². The first-order valence-corrected chi connectivity index (χ1v) is 4.17. The van der Waals surface area contributed by atoms with Gasteiger partial charge in [-0.15, -0.1) is 17.5 Å². The van der Waals surface area contributed by atoms with E-state index < -0.39 is 0 Å². The second-order valence-electron chi connectivity index (χ2n) is 2.83. The molecule has 15 heavy (non-hydrogen) atoms. The van der Waals surface area contributed by atoms with Crippen LogP contribution in [0.15, 0.2) is 30.5 Å². The van der Waals surface area contributed by atoms with E-state index in [1.165, 1.54) is 12.1 Å². The molecule has 0 aliphatic rings. The predicted molar refractivity (Wildman–Crippen MR) is 56.5 cm³/mol. The summed E-state index contributed by atoms with van der Waals surface area (Å²) in [6.45, 7) is 0.348. The summed E-state index contributed by atoms with van der Waals surface area (Å²) < 4.78 is 14.2. The minimum atomic E-state index is -0.270. The highest BCUT2D eigenvalue weighted by Crippen LogP contribution is 2.07. The highest BCUT2D eigenvalue weighted by molar-refractivity contribution is 5.85. The molecule has 0 unspecified atom stereocenters. The Morgan fingerprint density at radius 2 is 1.93 bits per heavy atom. The van der Waals surface area contributed by atoms with Gasteiger partial charge in [0, 0.05) is 6.54 Å². The van der Waals surface area contributed by atoms with Crippen LogP contribution in [0.1, 0.15) is 5.69 Å². The smallest absolute Gasteiger partial charge is 0.123 e. The molecule has 4 nitrogen and oxygen atoms in total. The fourth-order valence-electron chi connectivity index (χ4n) is 1.11. The summed E-state index contributed by atoms with van der Waals surface area (Å²) in [5.74, 6) is -0.270. The molecule has 0 fully saturated rings. The highest BCUT2D eigenvalue weighted by atomic mass is 35.5. The zero-order valence-electron chi connectivity index (χ0n) is 7.80. The molecule has 80 valence electrons. The van der Waals surface area contributed by atoms with Crippen molar-refractivity contribution in [1.29, 1.82) is 0 Å². The molecular weight excluding hydrogens is 219 g/mol. The molecule has 1 aromatic heterocycles. The first kappa shape index (κ1) is 11.6. The van der Waals surface area contributed by atoms with Crippen molar-refractivity contribution in [1.82, 2.24) is 15.0 Å². The Morgan fingerprint density at radius 3 is 2.47 bits per heavy atom. The molecule has 0 saturated heterocycles. The van der Waals surface area contributed by atoms with E-state index in [9.17, 15) is 4.39 Å². The van der Waals surface area contributed by atoms with Gasteiger partial charge in [0.05, 0.1) is 17.6 Å². The molecule has 6 heteroatoms. The third-order valence-corrected chi connectivity index (χ3v) is 1.84. The first-order chi connectivity index (χ1) is 6.79. The van der Waals surface area contributed by atoms with Crippen molar-refractivity contribution in [2.45, 2.75) is 6.54 Å². The maximum atomic E-state index is 12.6. The van der Waals surface area contributed by atoms with E-state index in [1.807, 2.05) is 0 Å². The molecule has 0 spiro atoms. The van der Waals surface area contributed by atoms with Crippen LogP contribution in [0.3, 0.4) is 0 Å². The average molecular weight is 229 g/mol. The minimum Gasteiger partial charge on any atom is -0.325 e. The summed E-state index contributed by atoms with van der Waals surface area (Å²) in [5, 5.41) is 7.68. The van der Waals surface area contributed by atoms with Crippen molar-refractivity contribution in [3.63, 3.8) is 0 Å². The van der Waals surface area contributed by atoms with E-state index in [2.05, 4.69) is 10.3 Å². The number of benzene rings is 1. The van der Waals surface area contributed by atoms with Crippen LogP contribution in [-0.2, 0) is 6.54 Å². The van der Waals surface area contributed by atoms with Gasteiger partial charge in [-0.25, -0.2) is 9.07 Å². The number of nitrogens with two attached hydrogens (primary N) is 1. The zero-order valence-corrected chi connectivity index (χ0v) is 8.62. The van der Waals surface area contributed by atoms with Gasteiger partial charge >= 0.3 is 0 Å². The SMILES string of the molecule is Cl.NCc1cn(-c2ccc(F)cc2)nn1. The summed E-state index contributed by atoms with van der Waals surface area (Å²) >= 11 is 0. The maximum Gasteiger partial charge on any atom is 0.123 e. The number of rotatable bonds is 2. The molecule has 2 N–H and O–H groups in total. The normalized spacial score (nSPS) is 9.73. The van der Waals surface area contributed by atoms with Gasteiger partial charge in [-0.05, 0) is 24.3 Å². The van der Waals surface area contributed by atoms with E-state index in [0.717, 1.165) is 5.69 Å². The Hall–Kier alpha value is -1.46. The molecule has 0 aliphatic carbocycles. The summed E-state index contributed by atoms with van der Waals surface area (Å²) in [4.78, 5) is 0. The lowest BCUT2D eigenvalue weighted by atomic mass is 10.3. The van der Waals surface area contributed by atoms with Gasteiger partial charge < -0.3 is 5.73 Å². The second-order valence-corrected chi connectivity index (χ2v) is 2.83. The number of hydrogen-bond acceptors (Lipinski definition) is 3. The van der Waals surface area contributed by atoms with Gasteiger partial charge in [0.1, 0.15) is 5.82 Å². The van der Waals surface area contributed by atoms with Crippen LogP contribution in [-0.4, -0.2) is 15.0 Å². The molecule has 0 atom stereocenters. The Morgan fingerprint density at radius 1 is 1.27 bits per heavy atom. The summed E-state index contributed by atoms with van der Waals surface area (Å²) in [6, 6.07) is 6.01. The number of aromatic nitrogens is 3. The van der Waals surface area contributed by atoms with Crippen LogP contribution < -0.4 is 5.73 Å². The molecule has 2 aromatic rings. The van der Waals surface area contributed by atoms with Gasteiger partial charge in [0.15, 0.2) is 0 Å². The van der Waals surface area contributed by atoms with Gasteiger partial charge in [0.2, 0.25) is 0 Å². The van der Waals surface area contributed by atoms with E-state index in [4.69, 9.17) is 5.73 Å². The van der Waals surface area contributed by atoms with Crippen LogP contribution in [0, 0.1) is 5.82 Å². The van der Waals surface area contributed by atoms with Crippen molar-refractivity contribution < 1.29 is 4.39 Å². The van der Waals surface area contributed by atoms with Crippen LogP contribution >= 0.6 is 12.4 Å². The first-order valence-electron chi connectivity index (χ1n) is 4.17. The largest absolute Gasteiger partial charge is 0.325 e.